The van der Waals surface area contributed by atoms with E-state index in [0.717, 1.165) is 22.4 Å². The van der Waals surface area contributed by atoms with Gasteiger partial charge >= 0.3 is 6.03 Å². The molecule has 0 bridgehead atoms. The smallest absolute Gasteiger partial charge is 0.354 e. The summed E-state index contributed by atoms with van der Waals surface area (Å²) in [6.07, 6.45) is 0.0722. The predicted octanol–water partition coefficient (Wildman–Crippen LogP) is 6.19. The second-order valence-corrected chi connectivity index (χ2v) is 10.8. The number of urea groups is 1. The third-order valence-electron chi connectivity index (χ3n) is 8.11. The number of carbonyl (C=O) groups excluding carboxylic acids is 1. The standard InChI is InChI=1S/C36H40N2O6/c1-40-29-17-15-28(16-18-29)25-37-32(23-26-11-7-5-8-12-26)34(42-3)35(43-4)33(24-27-13-9-6-10-14-27)38(36(37)39)44-31-21-19-30(41-2)20-22-31/h5-22,32-35H,23-25H2,1-4H3. The Balaban J connectivity index is 1.62. The fourth-order valence-corrected chi connectivity index (χ4v) is 5.85. The normalized spacial score (nSPS) is 20.2. The van der Waals surface area contributed by atoms with Crippen LogP contribution in [0.15, 0.2) is 109 Å². The van der Waals surface area contributed by atoms with Gasteiger partial charge in [-0.1, -0.05) is 72.8 Å². The Bertz CT molecular complexity index is 1340. The lowest BCUT2D eigenvalue weighted by Gasteiger charge is -2.36. The van der Waals surface area contributed by atoms with Crippen LogP contribution in [-0.4, -0.2) is 68.7 Å². The van der Waals surface area contributed by atoms with E-state index in [1.165, 1.54) is 5.06 Å². The second-order valence-electron chi connectivity index (χ2n) is 10.8. The van der Waals surface area contributed by atoms with Crippen molar-refractivity contribution in [1.29, 1.82) is 0 Å². The van der Waals surface area contributed by atoms with Crippen LogP contribution in [0.5, 0.6) is 17.2 Å². The zero-order valence-corrected chi connectivity index (χ0v) is 25.7. The number of hydrogen-bond acceptors (Lipinski definition) is 6. The number of hydroxylamine groups is 2. The van der Waals surface area contributed by atoms with E-state index in [1.807, 2.05) is 89.8 Å². The first-order chi connectivity index (χ1) is 21.5. The molecule has 4 aromatic carbocycles. The maximum Gasteiger partial charge on any atom is 0.354 e. The Labute approximate surface area is 259 Å². The van der Waals surface area contributed by atoms with Crippen LogP contribution in [-0.2, 0) is 28.9 Å². The molecule has 0 aliphatic carbocycles. The quantitative estimate of drug-likeness (QED) is 0.194. The van der Waals surface area contributed by atoms with Crippen LogP contribution in [0.1, 0.15) is 16.7 Å². The molecular weight excluding hydrogens is 556 g/mol. The number of rotatable bonds is 12. The summed E-state index contributed by atoms with van der Waals surface area (Å²) in [5.41, 5.74) is 3.09. The van der Waals surface area contributed by atoms with Gasteiger partial charge in [-0.3, -0.25) is 0 Å². The molecule has 1 fully saturated rings. The van der Waals surface area contributed by atoms with Gasteiger partial charge < -0.3 is 28.7 Å². The number of carbonyl (C=O) groups is 1. The third kappa shape index (κ3) is 7.15. The van der Waals surface area contributed by atoms with Crippen LogP contribution in [0.4, 0.5) is 4.79 Å². The molecular formula is C36H40N2O6. The highest BCUT2D eigenvalue weighted by molar-refractivity contribution is 5.75. The minimum atomic E-state index is -0.517. The molecule has 5 rings (SSSR count). The molecule has 0 radical (unpaired) electrons. The zero-order chi connectivity index (χ0) is 30.9. The van der Waals surface area contributed by atoms with E-state index in [0.29, 0.717) is 30.9 Å². The molecule has 0 N–H and O–H groups in total. The van der Waals surface area contributed by atoms with Crippen molar-refractivity contribution in [2.24, 2.45) is 0 Å². The lowest BCUT2D eigenvalue weighted by molar-refractivity contribution is -0.124. The summed E-state index contributed by atoms with van der Waals surface area (Å²) in [5, 5.41) is 1.48. The minimum Gasteiger partial charge on any atom is -0.497 e. The summed E-state index contributed by atoms with van der Waals surface area (Å²) in [5.74, 6) is 1.95. The van der Waals surface area contributed by atoms with E-state index in [-0.39, 0.29) is 12.1 Å². The summed E-state index contributed by atoms with van der Waals surface area (Å²) >= 11 is 0. The van der Waals surface area contributed by atoms with E-state index >= 15 is 0 Å². The fraction of sp³-hybridized carbons (Fsp3) is 0.306. The molecule has 8 heteroatoms. The number of hydrogen-bond donors (Lipinski definition) is 0. The number of nitrogens with zero attached hydrogens (tertiary/aromatic N) is 2. The number of ether oxygens (including phenoxy) is 4. The second kappa shape index (κ2) is 14.8. The average molecular weight is 597 g/mol. The molecule has 2 amide bonds. The first kappa shape index (κ1) is 30.9. The van der Waals surface area contributed by atoms with Crippen molar-refractivity contribution in [2.45, 2.75) is 43.7 Å². The summed E-state index contributed by atoms with van der Waals surface area (Å²) in [4.78, 5) is 23.2. The Morgan fingerprint density at radius 1 is 0.545 bits per heavy atom. The highest BCUT2D eigenvalue weighted by Crippen LogP contribution is 2.33. The molecule has 1 aliphatic rings. The molecule has 4 aromatic rings. The molecule has 4 unspecified atom stereocenters. The summed E-state index contributed by atoms with van der Waals surface area (Å²) in [6.45, 7) is 0.331. The topological polar surface area (TPSA) is 69.7 Å². The van der Waals surface area contributed by atoms with Crippen LogP contribution >= 0.6 is 0 Å². The molecule has 44 heavy (non-hydrogen) atoms. The lowest BCUT2D eigenvalue weighted by atomic mass is 9.91. The average Bonchev–Trinajstić information content (AvgIpc) is 3.15. The van der Waals surface area contributed by atoms with Crippen molar-refractivity contribution >= 4 is 6.03 Å². The maximum atomic E-state index is 14.9. The van der Waals surface area contributed by atoms with Crippen LogP contribution in [0.25, 0.3) is 0 Å². The van der Waals surface area contributed by atoms with Crippen LogP contribution in [0.2, 0.25) is 0 Å². The summed E-state index contributed by atoms with van der Waals surface area (Å²) < 4.78 is 23.2. The van der Waals surface area contributed by atoms with Crippen molar-refractivity contribution in [3.05, 3.63) is 126 Å². The monoisotopic (exact) mass is 596 g/mol. The summed E-state index contributed by atoms with van der Waals surface area (Å²) in [6, 6.07) is 34.0. The van der Waals surface area contributed by atoms with Gasteiger partial charge in [-0.15, -0.1) is 0 Å². The first-order valence-corrected chi connectivity index (χ1v) is 14.7. The van der Waals surface area contributed by atoms with E-state index in [4.69, 9.17) is 23.8 Å². The highest BCUT2D eigenvalue weighted by atomic mass is 16.7. The van der Waals surface area contributed by atoms with Crippen molar-refractivity contribution in [3.8, 4) is 17.2 Å². The molecule has 1 saturated heterocycles. The van der Waals surface area contributed by atoms with Crippen molar-refractivity contribution < 1.29 is 28.6 Å². The Kier molecular flexibility index (Phi) is 10.4. The first-order valence-electron chi connectivity index (χ1n) is 14.7. The SMILES string of the molecule is COc1ccc(CN2C(=O)N(Oc3ccc(OC)cc3)C(Cc3ccccc3)C(OC)C(OC)C2Cc2ccccc2)cc1. The van der Waals surface area contributed by atoms with Crippen molar-refractivity contribution in [2.75, 3.05) is 28.4 Å². The molecule has 0 spiro atoms. The van der Waals surface area contributed by atoms with Crippen LogP contribution < -0.4 is 14.3 Å². The van der Waals surface area contributed by atoms with E-state index in [2.05, 4.69) is 12.1 Å². The largest absolute Gasteiger partial charge is 0.497 e. The number of methoxy groups -OCH3 is 4. The minimum absolute atomic E-state index is 0.278. The van der Waals surface area contributed by atoms with Crippen LogP contribution in [0.3, 0.4) is 0 Å². The maximum absolute atomic E-state index is 14.9. The van der Waals surface area contributed by atoms with Gasteiger partial charge in [0.25, 0.3) is 0 Å². The fourth-order valence-electron chi connectivity index (χ4n) is 5.85. The van der Waals surface area contributed by atoms with Gasteiger partial charge in [0.1, 0.15) is 29.7 Å². The Hall–Kier alpha value is -4.53. The molecule has 1 heterocycles. The Morgan fingerprint density at radius 2 is 1.00 bits per heavy atom. The van der Waals surface area contributed by atoms with Crippen LogP contribution in [0, 0.1) is 0 Å². The van der Waals surface area contributed by atoms with Crippen molar-refractivity contribution in [3.63, 3.8) is 0 Å². The van der Waals surface area contributed by atoms with Gasteiger partial charge in [0.15, 0.2) is 5.75 Å². The van der Waals surface area contributed by atoms with Gasteiger partial charge in [-0.2, -0.15) is 5.06 Å². The van der Waals surface area contributed by atoms with Gasteiger partial charge in [-0.25, -0.2) is 4.79 Å². The van der Waals surface area contributed by atoms with Crippen molar-refractivity contribution in [1.82, 2.24) is 9.96 Å². The van der Waals surface area contributed by atoms with Gasteiger partial charge in [0, 0.05) is 20.8 Å². The zero-order valence-electron chi connectivity index (χ0n) is 25.7. The van der Waals surface area contributed by atoms with E-state index in [9.17, 15) is 4.79 Å². The predicted molar refractivity (Wildman–Crippen MR) is 169 cm³/mol. The lowest BCUT2D eigenvalue weighted by Crippen LogP contribution is -2.53. The highest BCUT2D eigenvalue weighted by Gasteiger charge is 2.49. The van der Waals surface area contributed by atoms with Gasteiger partial charge in [0.05, 0.1) is 20.3 Å². The third-order valence-corrected chi connectivity index (χ3v) is 8.11. The number of amides is 2. The van der Waals surface area contributed by atoms with Gasteiger partial charge in [0.2, 0.25) is 0 Å². The van der Waals surface area contributed by atoms with E-state index in [1.54, 1.807) is 40.6 Å². The van der Waals surface area contributed by atoms with Gasteiger partial charge in [-0.05, 0) is 65.9 Å². The molecule has 230 valence electrons. The number of benzene rings is 4. The molecule has 8 nitrogen and oxygen atoms in total. The molecule has 0 aromatic heterocycles. The summed E-state index contributed by atoms with van der Waals surface area (Å²) in [7, 11) is 6.61. The Morgan fingerprint density at radius 3 is 1.50 bits per heavy atom. The molecule has 1 aliphatic heterocycles. The van der Waals surface area contributed by atoms with E-state index < -0.39 is 18.2 Å². The molecule has 0 saturated carbocycles. The molecule has 4 atom stereocenters.